The van der Waals surface area contributed by atoms with E-state index in [1.165, 1.54) is 0 Å². The predicted molar refractivity (Wildman–Crippen MR) is 116 cm³/mol. The first-order valence-corrected chi connectivity index (χ1v) is 10.2. The van der Waals surface area contributed by atoms with E-state index in [0.29, 0.717) is 22.8 Å². The highest BCUT2D eigenvalue weighted by atomic mass is 16.5. The fourth-order valence-electron chi connectivity index (χ4n) is 4.99. The number of fused-ring (bicyclic) bond motifs is 4. The molecule has 6 heteroatoms. The van der Waals surface area contributed by atoms with Crippen molar-refractivity contribution in [3.63, 3.8) is 0 Å². The Morgan fingerprint density at radius 1 is 0.903 bits per heavy atom. The van der Waals surface area contributed by atoms with Gasteiger partial charge in [-0.2, -0.15) is 0 Å². The molecule has 0 bridgehead atoms. The van der Waals surface area contributed by atoms with E-state index >= 15 is 0 Å². The van der Waals surface area contributed by atoms with E-state index in [4.69, 9.17) is 14.2 Å². The first kappa shape index (κ1) is 19.6. The summed E-state index contributed by atoms with van der Waals surface area (Å²) in [7, 11) is 4.73. The zero-order valence-electron chi connectivity index (χ0n) is 17.7. The van der Waals surface area contributed by atoms with Gasteiger partial charge in [-0.3, -0.25) is 14.5 Å². The van der Waals surface area contributed by atoms with Crippen LogP contribution in [0.25, 0.3) is 10.8 Å². The van der Waals surface area contributed by atoms with Crippen LogP contribution in [0.4, 0.5) is 0 Å². The summed E-state index contributed by atoms with van der Waals surface area (Å²) in [4.78, 5) is 27.8. The smallest absolute Gasteiger partial charge is 0.203 e. The van der Waals surface area contributed by atoms with Gasteiger partial charge in [-0.05, 0) is 34.0 Å². The third kappa shape index (κ3) is 2.90. The normalized spacial score (nSPS) is 20.5. The molecule has 2 heterocycles. The van der Waals surface area contributed by atoms with Gasteiger partial charge in [0.1, 0.15) is 5.78 Å². The van der Waals surface area contributed by atoms with Crippen LogP contribution in [0.5, 0.6) is 17.2 Å². The van der Waals surface area contributed by atoms with Crippen molar-refractivity contribution >= 4 is 22.3 Å². The molecule has 1 saturated heterocycles. The Labute approximate surface area is 180 Å². The lowest BCUT2D eigenvalue weighted by molar-refractivity contribution is -0.117. The van der Waals surface area contributed by atoms with E-state index in [2.05, 4.69) is 0 Å². The minimum absolute atomic E-state index is 0.00953. The summed E-state index contributed by atoms with van der Waals surface area (Å²) in [6.07, 6.45) is 0.242. The summed E-state index contributed by atoms with van der Waals surface area (Å²) in [5, 5.41) is 2.06. The van der Waals surface area contributed by atoms with E-state index in [1.54, 1.807) is 21.3 Å². The van der Waals surface area contributed by atoms with Crippen LogP contribution in [0.15, 0.2) is 48.5 Å². The maximum atomic E-state index is 13.3. The summed E-state index contributed by atoms with van der Waals surface area (Å²) in [6, 6.07) is 15.0. The number of rotatable bonds is 4. The average Bonchev–Trinajstić information content (AvgIpc) is 3.19. The van der Waals surface area contributed by atoms with Crippen LogP contribution >= 0.6 is 0 Å². The van der Waals surface area contributed by atoms with E-state index in [-0.39, 0.29) is 30.6 Å². The van der Waals surface area contributed by atoms with Crippen LogP contribution < -0.4 is 14.2 Å². The lowest BCUT2D eigenvalue weighted by atomic mass is 9.81. The van der Waals surface area contributed by atoms with Crippen molar-refractivity contribution in [3.8, 4) is 17.2 Å². The number of carbonyl (C=O) groups is 2. The average molecular weight is 417 g/mol. The fourth-order valence-corrected chi connectivity index (χ4v) is 4.99. The molecule has 2 atom stereocenters. The molecule has 0 radical (unpaired) electrons. The largest absolute Gasteiger partial charge is 0.493 e. The lowest BCUT2D eigenvalue weighted by Gasteiger charge is -2.39. The molecule has 0 aromatic heterocycles. The number of benzene rings is 3. The number of Topliss-reactive ketones (excluding diaryl/α,β-unsaturated/α-hetero) is 2. The molecular formula is C25H23NO5. The first-order chi connectivity index (χ1) is 15.1. The molecule has 158 valence electrons. The summed E-state index contributed by atoms with van der Waals surface area (Å²) < 4.78 is 16.7. The first-order valence-electron chi connectivity index (χ1n) is 10.2. The molecule has 1 fully saturated rings. The molecule has 2 aliphatic heterocycles. The summed E-state index contributed by atoms with van der Waals surface area (Å²) in [5.41, 5.74) is 2.48. The Morgan fingerprint density at radius 3 is 2.29 bits per heavy atom. The van der Waals surface area contributed by atoms with Crippen molar-refractivity contribution in [2.24, 2.45) is 0 Å². The van der Waals surface area contributed by atoms with Crippen LogP contribution in [0.2, 0.25) is 0 Å². The number of ketones is 2. The van der Waals surface area contributed by atoms with E-state index in [9.17, 15) is 9.59 Å². The number of hydrogen-bond donors (Lipinski definition) is 0. The Morgan fingerprint density at radius 2 is 1.61 bits per heavy atom. The molecule has 3 aromatic carbocycles. The second-order valence-corrected chi connectivity index (χ2v) is 7.90. The second-order valence-electron chi connectivity index (χ2n) is 7.90. The molecule has 0 spiro atoms. The topological polar surface area (TPSA) is 65.1 Å². The lowest BCUT2D eigenvalue weighted by Crippen LogP contribution is -2.44. The van der Waals surface area contributed by atoms with Crippen molar-refractivity contribution in [1.29, 1.82) is 0 Å². The summed E-state index contributed by atoms with van der Waals surface area (Å²) in [6.45, 7) is 0.237. The van der Waals surface area contributed by atoms with Gasteiger partial charge >= 0.3 is 0 Å². The molecule has 2 aliphatic rings. The quantitative estimate of drug-likeness (QED) is 0.644. The Kier molecular flexibility index (Phi) is 4.67. The third-order valence-electron chi connectivity index (χ3n) is 6.33. The molecule has 3 aromatic rings. The van der Waals surface area contributed by atoms with Gasteiger partial charge in [0.15, 0.2) is 17.3 Å². The number of methoxy groups -OCH3 is 3. The highest BCUT2D eigenvalue weighted by Gasteiger charge is 2.47. The Hall–Kier alpha value is -3.38. The van der Waals surface area contributed by atoms with E-state index < -0.39 is 6.04 Å². The van der Waals surface area contributed by atoms with Crippen LogP contribution in [-0.2, 0) is 4.79 Å². The van der Waals surface area contributed by atoms with Gasteiger partial charge in [0.05, 0.1) is 40.0 Å². The van der Waals surface area contributed by atoms with Gasteiger partial charge < -0.3 is 14.2 Å². The standard InChI is InChI=1S/C25H23NO5/c1-29-20-10-15(11-21(30-2)25(20)31-3)23-22-17-7-5-4-6-14(17)8-9-18(22)24(28)19-12-16(27)13-26(19)23/h4-11,19,23H,12-13H2,1-3H3/t19?,23-/m0/s1. The van der Waals surface area contributed by atoms with Crippen molar-refractivity contribution in [2.45, 2.75) is 18.5 Å². The van der Waals surface area contributed by atoms with Crippen LogP contribution in [0, 0.1) is 0 Å². The highest BCUT2D eigenvalue weighted by Crippen LogP contribution is 2.48. The molecule has 5 rings (SSSR count). The van der Waals surface area contributed by atoms with Crippen molar-refractivity contribution in [2.75, 3.05) is 27.9 Å². The minimum atomic E-state index is -0.453. The van der Waals surface area contributed by atoms with Crippen LogP contribution in [0.3, 0.4) is 0 Å². The van der Waals surface area contributed by atoms with Gasteiger partial charge in [-0.15, -0.1) is 0 Å². The predicted octanol–water partition coefficient (Wildman–Crippen LogP) is 3.79. The van der Waals surface area contributed by atoms with Crippen molar-refractivity contribution < 1.29 is 23.8 Å². The molecule has 0 N–H and O–H groups in total. The Bertz CT molecular complexity index is 1190. The SMILES string of the molecule is COc1cc([C@H]2c3c(ccc4ccccc34)C(=O)C3CC(=O)CN32)cc(OC)c1OC. The molecule has 0 aliphatic carbocycles. The van der Waals surface area contributed by atoms with Gasteiger partial charge in [-0.1, -0.05) is 36.4 Å². The van der Waals surface area contributed by atoms with Crippen molar-refractivity contribution in [3.05, 3.63) is 65.2 Å². The molecule has 6 nitrogen and oxygen atoms in total. The summed E-state index contributed by atoms with van der Waals surface area (Å²) in [5.74, 6) is 1.67. The molecule has 31 heavy (non-hydrogen) atoms. The van der Waals surface area contributed by atoms with Crippen LogP contribution in [0.1, 0.15) is 33.9 Å². The maximum Gasteiger partial charge on any atom is 0.203 e. The van der Waals surface area contributed by atoms with E-state index in [0.717, 1.165) is 21.9 Å². The summed E-state index contributed by atoms with van der Waals surface area (Å²) >= 11 is 0. The molecule has 0 amide bonds. The van der Waals surface area contributed by atoms with Gasteiger partial charge in [-0.25, -0.2) is 0 Å². The Balaban J connectivity index is 1.82. The maximum absolute atomic E-state index is 13.3. The number of nitrogens with zero attached hydrogens (tertiary/aromatic N) is 1. The van der Waals surface area contributed by atoms with Crippen molar-refractivity contribution in [1.82, 2.24) is 4.90 Å². The van der Waals surface area contributed by atoms with Gasteiger partial charge in [0, 0.05) is 12.0 Å². The molecule has 1 unspecified atom stereocenters. The minimum Gasteiger partial charge on any atom is -0.493 e. The third-order valence-corrected chi connectivity index (χ3v) is 6.33. The molecule has 0 saturated carbocycles. The fraction of sp³-hybridized carbons (Fsp3) is 0.280. The second kappa shape index (κ2) is 7.39. The highest BCUT2D eigenvalue weighted by molar-refractivity contribution is 6.10. The number of hydrogen-bond acceptors (Lipinski definition) is 6. The monoisotopic (exact) mass is 417 g/mol. The number of carbonyl (C=O) groups excluding carboxylic acids is 2. The zero-order valence-corrected chi connectivity index (χ0v) is 17.7. The van der Waals surface area contributed by atoms with E-state index in [1.807, 2.05) is 53.4 Å². The molecular weight excluding hydrogens is 394 g/mol. The number of ether oxygens (including phenoxy) is 3. The van der Waals surface area contributed by atoms with Crippen LogP contribution in [-0.4, -0.2) is 50.4 Å². The van der Waals surface area contributed by atoms with Gasteiger partial charge in [0.2, 0.25) is 5.75 Å². The zero-order chi connectivity index (χ0) is 21.7. The van der Waals surface area contributed by atoms with Gasteiger partial charge in [0.25, 0.3) is 0 Å².